The molecule has 1 heterocycles. The molecule has 1 rings (SSSR count). The molecule has 0 spiro atoms. The van der Waals surface area contributed by atoms with Crippen LogP contribution in [0.3, 0.4) is 0 Å². The molecule has 20 heavy (non-hydrogen) atoms. The number of nitrogens with two attached hydrogens (primary N) is 1. The number of piperidine rings is 1. The second-order valence-electron chi connectivity index (χ2n) is 7.56. The van der Waals surface area contributed by atoms with Crippen molar-refractivity contribution in [3.05, 3.63) is 0 Å². The van der Waals surface area contributed by atoms with Crippen molar-refractivity contribution in [2.24, 2.45) is 11.1 Å². The SMILES string of the molecule is CC(CN1CCCCC1)NC(=O)CC(N)CC(C)(C)C. The number of nitrogens with one attached hydrogen (secondary N) is 1. The molecule has 4 heteroatoms. The van der Waals surface area contributed by atoms with Crippen LogP contribution in [0.1, 0.15) is 59.8 Å². The minimum absolute atomic E-state index is 0.0443. The molecule has 0 saturated carbocycles. The second-order valence-corrected chi connectivity index (χ2v) is 7.56. The molecular formula is C16H33N3O. The van der Waals surface area contributed by atoms with Crippen LogP contribution in [-0.4, -0.2) is 42.5 Å². The van der Waals surface area contributed by atoms with E-state index in [1.54, 1.807) is 0 Å². The van der Waals surface area contributed by atoms with Gasteiger partial charge in [0, 0.05) is 25.0 Å². The van der Waals surface area contributed by atoms with E-state index < -0.39 is 0 Å². The molecular weight excluding hydrogens is 250 g/mol. The Bertz CT molecular complexity index is 293. The lowest BCUT2D eigenvalue weighted by molar-refractivity contribution is -0.122. The van der Waals surface area contributed by atoms with Gasteiger partial charge in [0.15, 0.2) is 0 Å². The van der Waals surface area contributed by atoms with Crippen molar-refractivity contribution in [2.45, 2.75) is 71.9 Å². The Hall–Kier alpha value is -0.610. The molecule has 1 aliphatic heterocycles. The third-order valence-corrected chi connectivity index (χ3v) is 3.71. The summed E-state index contributed by atoms with van der Waals surface area (Å²) >= 11 is 0. The van der Waals surface area contributed by atoms with Crippen molar-refractivity contribution in [3.8, 4) is 0 Å². The maximum Gasteiger partial charge on any atom is 0.221 e. The van der Waals surface area contributed by atoms with Gasteiger partial charge in [0.1, 0.15) is 0 Å². The third-order valence-electron chi connectivity index (χ3n) is 3.71. The van der Waals surface area contributed by atoms with Gasteiger partial charge >= 0.3 is 0 Å². The van der Waals surface area contributed by atoms with Crippen LogP contribution in [0.15, 0.2) is 0 Å². The number of rotatable bonds is 6. The second kappa shape index (κ2) is 7.99. The van der Waals surface area contributed by atoms with Gasteiger partial charge in [-0.2, -0.15) is 0 Å². The fourth-order valence-corrected chi connectivity index (χ4v) is 3.01. The summed E-state index contributed by atoms with van der Waals surface area (Å²) in [6, 6.07) is 0.166. The van der Waals surface area contributed by atoms with Crippen LogP contribution in [0, 0.1) is 5.41 Å². The van der Waals surface area contributed by atoms with E-state index in [1.807, 2.05) is 0 Å². The van der Waals surface area contributed by atoms with Crippen LogP contribution in [0.2, 0.25) is 0 Å². The Morgan fingerprint density at radius 3 is 2.40 bits per heavy atom. The lowest BCUT2D eigenvalue weighted by Crippen LogP contribution is -2.45. The summed E-state index contributed by atoms with van der Waals surface area (Å²) < 4.78 is 0. The number of carbonyl (C=O) groups is 1. The predicted octanol–water partition coefficient (Wildman–Crippen LogP) is 2.13. The lowest BCUT2D eigenvalue weighted by atomic mass is 9.87. The van der Waals surface area contributed by atoms with E-state index in [4.69, 9.17) is 5.73 Å². The first kappa shape index (κ1) is 17.4. The molecule has 1 fully saturated rings. The Morgan fingerprint density at radius 2 is 1.85 bits per heavy atom. The highest BCUT2D eigenvalue weighted by Crippen LogP contribution is 2.21. The van der Waals surface area contributed by atoms with Crippen LogP contribution < -0.4 is 11.1 Å². The summed E-state index contributed by atoms with van der Waals surface area (Å²) in [5.41, 5.74) is 6.23. The highest BCUT2D eigenvalue weighted by atomic mass is 16.1. The van der Waals surface area contributed by atoms with Gasteiger partial charge in [-0.1, -0.05) is 27.2 Å². The molecule has 0 aromatic rings. The first-order valence-electron chi connectivity index (χ1n) is 8.03. The minimum atomic E-state index is -0.0443. The monoisotopic (exact) mass is 283 g/mol. The summed E-state index contributed by atoms with van der Waals surface area (Å²) in [5.74, 6) is 0.0891. The van der Waals surface area contributed by atoms with Gasteiger partial charge in [0.2, 0.25) is 5.91 Å². The molecule has 2 atom stereocenters. The molecule has 1 saturated heterocycles. The van der Waals surface area contributed by atoms with Crippen molar-refractivity contribution in [3.63, 3.8) is 0 Å². The van der Waals surface area contributed by atoms with Crippen LogP contribution in [0.5, 0.6) is 0 Å². The smallest absolute Gasteiger partial charge is 0.221 e. The van der Waals surface area contributed by atoms with Crippen LogP contribution in [-0.2, 0) is 4.79 Å². The molecule has 0 aromatic heterocycles. The van der Waals surface area contributed by atoms with Gasteiger partial charge in [0.05, 0.1) is 0 Å². The molecule has 0 bridgehead atoms. The zero-order valence-corrected chi connectivity index (χ0v) is 13.7. The molecule has 0 aliphatic carbocycles. The summed E-state index contributed by atoms with van der Waals surface area (Å²) in [6.07, 6.45) is 5.23. The summed E-state index contributed by atoms with van der Waals surface area (Å²) in [5, 5.41) is 3.08. The number of hydrogen-bond acceptors (Lipinski definition) is 3. The zero-order chi connectivity index (χ0) is 15.2. The Balaban J connectivity index is 2.23. The molecule has 0 radical (unpaired) electrons. The van der Waals surface area contributed by atoms with E-state index in [2.05, 4.69) is 37.9 Å². The largest absolute Gasteiger partial charge is 0.352 e. The number of hydrogen-bond donors (Lipinski definition) is 2. The standard InChI is InChI=1S/C16H33N3O/c1-13(12-19-8-6-5-7-9-19)18-15(20)10-14(17)11-16(2,3)4/h13-14H,5-12,17H2,1-4H3,(H,18,20). The van der Waals surface area contributed by atoms with Crippen molar-refractivity contribution in [1.29, 1.82) is 0 Å². The fourth-order valence-electron chi connectivity index (χ4n) is 3.01. The average molecular weight is 283 g/mol. The topological polar surface area (TPSA) is 58.4 Å². The minimum Gasteiger partial charge on any atom is -0.352 e. The molecule has 0 aromatic carbocycles. The van der Waals surface area contributed by atoms with E-state index in [9.17, 15) is 4.79 Å². The normalized spacial score (nSPS) is 20.4. The van der Waals surface area contributed by atoms with Gasteiger partial charge in [-0.05, 0) is 44.7 Å². The Morgan fingerprint density at radius 1 is 1.25 bits per heavy atom. The predicted molar refractivity (Wildman–Crippen MR) is 84.6 cm³/mol. The van der Waals surface area contributed by atoms with Crippen molar-refractivity contribution in [1.82, 2.24) is 10.2 Å². The van der Waals surface area contributed by atoms with Gasteiger partial charge in [0.25, 0.3) is 0 Å². The van der Waals surface area contributed by atoms with E-state index in [-0.39, 0.29) is 23.4 Å². The van der Waals surface area contributed by atoms with Gasteiger partial charge in [-0.25, -0.2) is 0 Å². The molecule has 3 N–H and O–H groups in total. The highest BCUT2D eigenvalue weighted by Gasteiger charge is 2.20. The van der Waals surface area contributed by atoms with Crippen LogP contribution >= 0.6 is 0 Å². The quantitative estimate of drug-likeness (QED) is 0.785. The molecule has 1 amide bonds. The third kappa shape index (κ3) is 7.85. The Kier molecular flexibility index (Phi) is 6.96. The van der Waals surface area contributed by atoms with E-state index in [1.165, 1.54) is 32.4 Å². The number of nitrogens with zero attached hydrogens (tertiary/aromatic N) is 1. The lowest BCUT2D eigenvalue weighted by Gasteiger charge is -2.29. The molecule has 2 unspecified atom stereocenters. The van der Waals surface area contributed by atoms with Crippen molar-refractivity contribution in [2.75, 3.05) is 19.6 Å². The summed E-state index contributed by atoms with van der Waals surface area (Å²) in [4.78, 5) is 14.4. The zero-order valence-electron chi connectivity index (χ0n) is 13.7. The number of likely N-dealkylation sites (tertiary alicyclic amines) is 1. The fraction of sp³-hybridized carbons (Fsp3) is 0.938. The molecule has 1 aliphatic rings. The maximum atomic E-state index is 12.0. The van der Waals surface area contributed by atoms with Gasteiger partial charge in [-0.3, -0.25) is 4.79 Å². The van der Waals surface area contributed by atoms with Gasteiger partial charge < -0.3 is 16.0 Å². The summed E-state index contributed by atoms with van der Waals surface area (Å²) in [6.45, 7) is 11.9. The summed E-state index contributed by atoms with van der Waals surface area (Å²) in [7, 11) is 0. The highest BCUT2D eigenvalue weighted by molar-refractivity contribution is 5.76. The van der Waals surface area contributed by atoms with Crippen LogP contribution in [0.4, 0.5) is 0 Å². The number of amides is 1. The Labute approximate surface area is 124 Å². The van der Waals surface area contributed by atoms with E-state index in [0.29, 0.717) is 6.42 Å². The maximum absolute atomic E-state index is 12.0. The first-order chi connectivity index (χ1) is 9.26. The first-order valence-corrected chi connectivity index (χ1v) is 8.03. The van der Waals surface area contributed by atoms with Gasteiger partial charge in [-0.15, -0.1) is 0 Å². The van der Waals surface area contributed by atoms with E-state index in [0.717, 1.165) is 13.0 Å². The van der Waals surface area contributed by atoms with Crippen molar-refractivity contribution < 1.29 is 4.79 Å². The van der Waals surface area contributed by atoms with Crippen LogP contribution in [0.25, 0.3) is 0 Å². The number of carbonyl (C=O) groups excluding carboxylic acids is 1. The van der Waals surface area contributed by atoms with Crippen molar-refractivity contribution >= 4 is 5.91 Å². The average Bonchev–Trinajstić information content (AvgIpc) is 2.26. The molecule has 118 valence electrons. The van der Waals surface area contributed by atoms with E-state index >= 15 is 0 Å². The molecule has 4 nitrogen and oxygen atoms in total.